The van der Waals surface area contributed by atoms with Crippen LogP contribution < -0.4 is 11.1 Å². The van der Waals surface area contributed by atoms with Crippen LogP contribution in [0.3, 0.4) is 0 Å². The minimum atomic E-state index is -0.712. The number of hydrogen-bond acceptors (Lipinski definition) is 4. The highest BCUT2D eigenvalue weighted by molar-refractivity contribution is 6.36. The van der Waals surface area contributed by atoms with Crippen molar-refractivity contribution in [3.05, 3.63) is 63.6 Å². The smallest absolute Gasteiger partial charge is 0.338 e. The summed E-state index contributed by atoms with van der Waals surface area (Å²) < 4.78 is 4.96. The SMILES string of the molecule is NC(=O)Nc1ccc(C(=O)OCC(=O)c2ccc(Cl)cc2Cl)cc1. The number of rotatable bonds is 5. The molecule has 2 rings (SSSR count). The third kappa shape index (κ3) is 4.71. The number of esters is 1. The Labute approximate surface area is 147 Å². The summed E-state index contributed by atoms with van der Waals surface area (Å²) >= 11 is 11.7. The van der Waals surface area contributed by atoms with Crippen LogP contribution in [-0.4, -0.2) is 24.4 Å². The van der Waals surface area contributed by atoms with Crippen LogP contribution in [0.25, 0.3) is 0 Å². The summed E-state index contributed by atoms with van der Waals surface area (Å²) in [6.07, 6.45) is 0. The van der Waals surface area contributed by atoms with E-state index in [0.717, 1.165) is 0 Å². The van der Waals surface area contributed by atoms with Crippen molar-refractivity contribution in [2.24, 2.45) is 5.73 Å². The summed E-state index contributed by atoms with van der Waals surface area (Å²) in [5.74, 6) is -1.13. The lowest BCUT2D eigenvalue weighted by Gasteiger charge is -2.07. The lowest BCUT2D eigenvalue weighted by Crippen LogP contribution is -2.19. The number of primary amides is 1. The fourth-order valence-corrected chi connectivity index (χ4v) is 2.35. The van der Waals surface area contributed by atoms with Crippen molar-refractivity contribution in [1.29, 1.82) is 0 Å². The Kier molecular flexibility index (Phi) is 5.78. The third-order valence-corrected chi connectivity index (χ3v) is 3.50. The monoisotopic (exact) mass is 366 g/mol. The molecule has 8 heteroatoms. The number of halogens is 2. The van der Waals surface area contributed by atoms with Gasteiger partial charge in [-0.25, -0.2) is 9.59 Å². The van der Waals surface area contributed by atoms with Gasteiger partial charge in [0.15, 0.2) is 6.61 Å². The second-order valence-electron chi connectivity index (χ2n) is 4.69. The van der Waals surface area contributed by atoms with E-state index in [-0.39, 0.29) is 16.1 Å². The normalized spacial score (nSPS) is 10.1. The molecule has 2 aromatic rings. The van der Waals surface area contributed by atoms with Gasteiger partial charge in [-0.15, -0.1) is 0 Å². The average Bonchev–Trinajstić information content (AvgIpc) is 2.52. The summed E-state index contributed by atoms with van der Waals surface area (Å²) in [5, 5.41) is 2.95. The maximum Gasteiger partial charge on any atom is 0.338 e. The fourth-order valence-electron chi connectivity index (χ4n) is 1.84. The van der Waals surface area contributed by atoms with Gasteiger partial charge in [-0.05, 0) is 42.5 Å². The van der Waals surface area contributed by atoms with Crippen molar-refractivity contribution in [2.45, 2.75) is 0 Å². The molecule has 0 heterocycles. The Morgan fingerprint density at radius 3 is 2.29 bits per heavy atom. The van der Waals surface area contributed by atoms with Crippen molar-refractivity contribution >= 4 is 46.7 Å². The predicted octanol–water partition coefficient (Wildman–Crippen LogP) is 3.52. The fraction of sp³-hybridized carbons (Fsp3) is 0.0625. The number of amides is 2. The first-order valence-electron chi connectivity index (χ1n) is 6.68. The van der Waals surface area contributed by atoms with E-state index in [1.54, 1.807) is 0 Å². The standard InChI is InChI=1S/C16H12Cl2N2O4/c17-10-3-6-12(13(18)7-10)14(21)8-24-15(22)9-1-4-11(5-2-9)20-16(19)23/h1-7H,8H2,(H3,19,20,23). The van der Waals surface area contributed by atoms with Crippen LogP contribution in [0, 0.1) is 0 Å². The van der Waals surface area contributed by atoms with Gasteiger partial charge in [0, 0.05) is 16.3 Å². The molecule has 0 atom stereocenters. The van der Waals surface area contributed by atoms with Crippen LogP contribution in [0.5, 0.6) is 0 Å². The van der Waals surface area contributed by atoms with Gasteiger partial charge in [0.1, 0.15) is 0 Å². The molecule has 0 saturated heterocycles. The van der Waals surface area contributed by atoms with Gasteiger partial charge in [0.05, 0.1) is 10.6 Å². The van der Waals surface area contributed by atoms with Crippen molar-refractivity contribution in [3.63, 3.8) is 0 Å². The van der Waals surface area contributed by atoms with Gasteiger partial charge in [0.25, 0.3) is 0 Å². The van der Waals surface area contributed by atoms with Crippen molar-refractivity contribution in [2.75, 3.05) is 11.9 Å². The molecule has 0 saturated carbocycles. The van der Waals surface area contributed by atoms with Gasteiger partial charge in [-0.1, -0.05) is 23.2 Å². The molecule has 0 aliphatic carbocycles. The molecule has 2 amide bonds. The van der Waals surface area contributed by atoms with Crippen LogP contribution in [0.4, 0.5) is 10.5 Å². The first-order chi connectivity index (χ1) is 11.4. The number of ether oxygens (including phenoxy) is 1. The van der Waals surface area contributed by atoms with Gasteiger partial charge in [-0.3, -0.25) is 4.79 Å². The number of carbonyl (C=O) groups excluding carboxylic acids is 3. The number of urea groups is 1. The molecule has 0 bridgehead atoms. The number of Topliss-reactive ketones (excluding diaryl/α,β-unsaturated/α-hetero) is 1. The van der Waals surface area contributed by atoms with Gasteiger partial charge >= 0.3 is 12.0 Å². The van der Waals surface area contributed by atoms with E-state index in [2.05, 4.69) is 5.32 Å². The van der Waals surface area contributed by atoms with Crippen molar-refractivity contribution in [1.82, 2.24) is 0 Å². The molecule has 124 valence electrons. The molecule has 6 nitrogen and oxygen atoms in total. The second-order valence-corrected chi connectivity index (χ2v) is 5.53. The van der Waals surface area contributed by atoms with Crippen LogP contribution in [-0.2, 0) is 4.74 Å². The minimum Gasteiger partial charge on any atom is -0.454 e. The highest BCUT2D eigenvalue weighted by atomic mass is 35.5. The van der Waals surface area contributed by atoms with Crippen LogP contribution >= 0.6 is 23.2 Å². The molecule has 0 fully saturated rings. The summed E-state index contributed by atoms with van der Waals surface area (Å²) in [5.41, 5.74) is 5.86. The summed E-state index contributed by atoms with van der Waals surface area (Å²) in [6, 6.07) is 9.55. The first kappa shape index (κ1) is 17.8. The second kappa shape index (κ2) is 7.81. The Bertz CT molecular complexity index is 791. The van der Waals surface area contributed by atoms with Crippen molar-refractivity contribution in [3.8, 4) is 0 Å². The largest absolute Gasteiger partial charge is 0.454 e. The van der Waals surface area contributed by atoms with Crippen LogP contribution in [0.2, 0.25) is 10.0 Å². The quantitative estimate of drug-likeness (QED) is 0.624. The summed E-state index contributed by atoms with van der Waals surface area (Å²) in [4.78, 5) is 34.6. The molecule has 2 aromatic carbocycles. The highest BCUT2D eigenvalue weighted by Gasteiger charge is 2.14. The Balaban J connectivity index is 1.97. The number of nitrogens with two attached hydrogens (primary N) is 1. The van der Waals surface area contributed by atoms with Crippen LogP contribution in [0.1, 0.15) is 20.7 Å². The zero-order valence-corrected chi connectivity index (χ0v) is 13.7. The van der Waals surface area contributed by atoms with Gasteiger partial charge in [-0.2, -0.15) is 0 Å². The van der Waals surface area contributed by atoms with E-state index in [1.807, 2.05) is 0 Å². The molecule has 0 aliphatic heterocycles. The Morgan fingerprint density at radius 2 is 1.71 bits per heavy atom. The van der Waals surface area contributed by atoms with E-state index >= 15 is 0 Å². The maximum atomic E-state index is 12.0. The van der Waals surface area contributed by atoms with E-state index in [1.165, 1.54) is 42.5 Å². The molecular weight excluding hydrogens is 355 g/mol. The average molecular weight is 367 g/mol. The zero-order valence-electron chi connectivity index (χ0n) is 12.2. The predicted molar refractivity (Wildman–Crippen MR) is 90.7 cm³/mol. The molecule has 0 aromatic heterocycles. The number of nitrogens with one attached hydrogen (secondary N) is 1. The molecule has 24 heavy (non-hydrogen) atoms. The Morgan fingerprint density at radius 1 is 1.04 bits per heavy atom. The number of hydrogen-bond donors (Lipinski definition) is 2. The van der Waals surface area contributed by atoms with Gasteiger partial charge in [0.2, 0.25) is 5.78 Å². The molecule has 0 spiro atoms. The van der Waals surface area contributed by atoms with Crippen molar-refractivity contribution < 1.29 is 19.1 Å². The number of anilines is 1. The molecule has 0 unspecified atom stereocenters. The van der Waals surface area contributed by atoms with Crippen LogP contribution in [0.15, 0.2) is 42.5 Å². The van der Waals surface area contributed by atoms with Gasteiger partial charge < -0.3 is 15.8 Å². The Hall–Kier alpha value is -2.57. The zero-order chi connectivity index (χ0) is 17.7. The summed E-state index contributed by atoms with van der Waals surface area (Å²) in [7, 11) is 0. The molecule has 0 radical (unpaired) electrons. The molecular formula is C16H12Cl2N2O4. The lowest BCUT2D eigenvalue weighted by molar-refractivity contribution is 0.0475. The third-order valence-electron chi connectivity index (χ3n) is 2.95. The topological polar surface area (TPSA) is 98.5 Å². The minimum absolute atomic E-state index is 0.186. The number of carbonyl (C=O) groups is 3. The highest BCUT2D eigenvalue weighted by Crippen LogP contribution is 2.21. The number of ketones is 1. The van der Waals surface area contributed by atoms with E-state index in [4.69, 9.17) is 33.7 Å². The van der Waals surface area contributed by atoms with E-state index in [0.29, 0.717) is 10.7 Å². The molecule has 3 N–H and O–H groups in total. The molecule has 0 aliphatic rings. The maximum absolute atomic E-state index is 12.0. The first-order valence-corrected chi connectivity index (χ1v) is 7.44. The summed E-state index contributed by atoms with van der Waals surface area (Å²) in [6.45, 7) is -0.457. The lowest BCUT2D eigenvalue weighted by atomic mass is 10.1. The van der Waals surface area contributed by atoms with E-state index < -0.39 is 24.4 Å². The number of benzene rings is 2. The van der Waals surface area contributed by atoms with E-state index in [9.17, 15) is 14.4 Å².